The van der Waals surface area contributed by atoms with Gasteiger partial charge in [-0.15, -0.1) is 0 Å². The van der Waals surface area contributed by atoms with Gasteiger partial charge < -0.3 is 10.2 Å². The summed E-state index contributed by atoms with van der Waals surface area (Å²) in [5.74, 6) is -0.601. The van der Waals surface area contributed by atoms with Crippen LogP contribution in [-0.4, -0.2) is 38.2 Å². The normalized spacial score (nSPS) is 13.1. The first-order chi connectivity index (χ1) is 16.1. The van der Waals surface area contributed by atoms with E-state index in [2.05, 4.69) is 10.0 Å². The van der Waals surface area contributed by atoms with Gasteiger partial charge in [-0.2, -0.15) is 4.72 Å². The smallest absolute Gasteiger partial charge is 0.255 e. The molecule has 0 heterocycles. The zero-order valence-corrected chi connectivity index (χ0v) is 20.5. The van der Waals surface area contributed by atoms with E-state index in [1.165, 1.54) is 24.0 Å². The number of aryl methyl sites for hydroxylation is 1. The molecule has 0 spiro atoms. The van der Waals surface area contributed by atoms with Crippen molar-refractivity contribution in [3.05, 3.63) is 95.6 Å². The van der Waals surface area contributed by atoms with Crippen LogP contribution in [0.2, 0.25) is 0 Å². The predicted octanol–water partition coefficient (Wildman–Crippen LogP) is 4.13. The minimum absolute atomic E-state index is 0.107. The van der Waals surface area contributed by atoms with Crippen molar-refractivity contribution in [2.45, 2.75) is 37.8 Å². The molecule has 178 valence electrons. The van der Waals surface area contributed by atoms with Crippen molar-refractivity contribution >= 4 is 27.5 Å². The SMILES string of the molecule is Cc1ccc(S(=O)(=O)N[C@@H](C)C(=O)N(C)[C@H](C)c2cccc(NC(=O)c3ccccc3)c2)cc1. The molecule has 0 aliphatic rings. The number of carbonyl (C=O) groups excluding carboxylic acids is 2. The maximum absolute atomic E-state index is 13.0. The molecule has 0 saturated heterocycles. The number of sulfonamides is 1. The number of nitrogens with zero attached hydrogens (tertiary/aromatic N) is 1. The molecule has 3 aromatic carbocycles. The van der Waals surface area contributed by atoms with E-state index in [1.807, 2.05) is 26.0 Å². The first-order valence-electron chi connectivity index (χ1n) is 10.9. The number of hydrogen-bond donors (Lipinski definition) is 2. The van der Waals surface area contributed by atoms with Crippen molar-refractivity contribution in [1.82, 2.24) is 9.62 Å². The van der Waals surface area contributed by atoms with Gasteiger partial charge in [-0.1, -0.05) is 48.0 Å². The molecule has 0 bridgehead atoms. The highest BCUT2D eigenvalue weighted by molar-refractivity contribution is 7.89. The number of anilines is 1. The number of likely N-dealkylation sites (N-methyl/N-ethyl adjacent to an activating group) is 1. The fraction of sp³-hybridized carbons (Fsp3) is 0.231. The first-order valence-corrected chi connectivity index (χ1v) is 12.4. The summed E-state index contributed by atoms with van der Waals surface area (Å²) >= 11 is 0. The van der Waals surface area contributed by atoms with Crippen LogP contribution in [0.1, 0.15) is 41.4 Å². The Bertz CT molecular complexity index is 1260. The maximum atomic E-state index is 13.0. The molecule has 0 radical (unpaired) electrons. The molecule has 7 nitrogen and oxygen atoms in total. The Hall–Kier alpha value is -3.49. The van der Waals surface area contributed by atoms with E-state index in [0.29, 0.717) is 11.3 Å². The van der Waals surface area contributed by atoms with Crippen molar-refractivity contribution in [3.63, 3.8) is 0 Å². The molecule has 2 amide bonds. The van der Waals surface area contributed by atoms with E-state index >= 15 is 0 Å². The number of benzene rings is 3. The standard InChI is InChI=1S/C26H29N3O4S/c1-18-13-15-24(16-14-18)34(32,33)28-19(2)26(31)29(4)20(3)22-11-8-12-23(17-22)27-25(30)21-9-6-5-7-10-21/h5-17,19-20,28H,1-4H3,(H,27,30)/t19-,20+/m0/s1. The van der Waals surface area contributed by atoms with E-state index in [9.17, 15) is 18.0 Å². The Kier molecular flexibility index (Phi) is 7.86. The van der Waals surface area contributed by atoms with Crippen molar-refractivity contribution < 1.29 is 18.0 Å². The van der Waals surface area contributed by atoms with Gasteiger partial charge in [0.15, 0.2) is 0 Å². The molecule has 0 aromatic heterocycles. The molecule has 3 aromatic rings. The van der Waals surface area contributed by atoms with E-state index in [-0.39, 0.29) is 22.8 Å². The molecule has 0 aliphatic heterocycles. The average Bonchev–Trinajstić information content (AvgIpc) is 2.83. The van der Waals surface area contributed by atoms with Gasteiger partial charge in [-0.25, -0.2) is 8.42 Å². The highest BCUT2D eigenvalue weighted by atomic mass is 32.2. The van der Waals surface area contributed by atoms with Gasteiger partial charge in [-0.3, -0.25) is 9.59 Å². The molecular formula is C26H29N3O4S. The van der Waals surface area contributed by atoms with Gasteiger partial charge in [0, 0.05) is 18.3 Å². The highest BCUT2D eigenvalue weighted by Crippen LogP contribution is 2.23. The van der Waals surface area contributed by atoms with Crippen molar-refractivity contribution in [3.8, 4) is 0 Å². The van der Waals surface area contributed by atoms with Crippen molar-refractivity contribution in [2.75, 3.05) is 12.4 Å². The van der Waals surface area contributed by atoms with Crippen LogP contribution in [0.3, 0.4) is 0 Å². The quantitative estimate of drug-likeness (QED) is 0.508. The summed E-state index contributed by atoms with van der Waals surface area (Å²) in [6.07, 6.45) is 0. The van der Waals surface area contributed by atoms with Crippen LogP contribution in [0.5, 0.6) is 0 Å². The largest absolute Gasteiger partial charge is 0.338 e. The highest BCUT2D eigenvalue weighted by Gasteiger charge is 2.27. The first kappa shape index (κ1) is 25.1. The van der Waals surface area contributed by atoms with Crippen LogP contribution < -0.4 is 10.0 Å². The summed E-state index contributed by atoms with van der Waals surface area (Å²) in [6, 6.07) is 21.2. The Morgan fingerprint density at radius 1 is 0.882 bits per heavy atom. The minimum Gasteiger partial charge on any atom is -0.338 e. The topological polar surface area (TPSA) is 95.6 Å². The number of amides is 2. The van der Waals surface area contributed by atoms with E-state index in [0.717, 1.165) is 11.1 Å². The molecule has 8 heteroatoms. The molecule has 0 unspecified atom stereocenters. The Morgan fingerprint density at radius 3 is 2.18 bits per heavy atom. The van der Waals surface area contributed by atoms with Crippen LogP contribution in [-0.2, 0) is 14.8 Å². The molecule has 2 N–H and O–H groups in total. The lowest BCUT2D eigenvalue weighted by atomic mass is 10.1. The summed E-state index contributed by atoms with van der Waals surface area (Å²) in [4.78, 5) is 27.0. The third-order valence-corrected chi connectivity index (χ3v) is 7.18. The molecular weight excluding hydrogens is 450 g/mol. The summed E-state index contributed by atoms with van der Waals surface area (Å²) in [7, 11) is -2.21. The number of nitrogens with one attached hydrogen (secondary N) is 2. The lowest BCUT2D eigenvalue weighted by Crippen LogP contribution is -2.46. The van der Waals surface area contributed by atoms with E-state index in [4.69, 9.17) is 0 Å². The molecule has 2 atom stereocenters. The lowest BCUT2D eigenvalue weighted by Gasteiger charge is -2.28. The number of rotatable bonds is 8. The molecule has 34 heavy (non-hydrogen) atoms. The van der Waals surface area contributed by atoms with Gasteiger partial charge in [0.25, 0.3) is 5.91 Å². The Labute approximate surface area is 200 Å². The summed E-state index contributed by atoms with van der Waals surface area (Å²) in [5, 5.41) is 2.86. The third-order valence-electron chi connectivity index (χ3n) is 5.63. The zero-order chi connectivity index (χ0) is 24.9. The second-order valence-electron chi connectivity index (χ2n) is 8.23. The van der Waals surface area contributed by atoms with E-state index in [1.54, 1.807) is 61.6 Å². The van der Waals surface area contributed by atoms with E-state index < -0.39 is 16.1 Å². The average molecular weight is 480 g/mol. The number of hydrogen-bond acceptors (Lipinski definition) is 4. The second-order valence-corrected chi connectivity index (χ2v) is 9.94. The van der Waals surface area contributed by atoms with Crippen molar-refractivity contribution in [1.29, 1.82) is 0 Å². The maximum Gasteiger partial charge on any atom is 0.255 e. The monoisotopic (exact) mass is 479 g/mol. The van der Waals surface area contributed by atoms with Gasteiger partial charge in [0.1, 0.15) is 0 Å². The Morgan fingerprint density at radius 2 is 1.53 bits per heavy atom. The molecule has 3 rings (SSSR count). The third kappa shape index (κ3) is 6.09. The fourth-order valence-corrected chi connectivity index (χ4v) is 4.65. The molecule has 0 fully saturated rings. The van der Waals surface area contributed by atoms with Crippen LogP contribution in [0.15, 0.2) is 83.8 Å². The summed E-state index contributed by atoms with van der Waals surface area (Å²) in [5.41, 5.74) is 2.89. The number of carbonyl (C=O) groups is 2. The predicted molar refractivity (Wildman–Crippen MR) is 133 cm³/mol. The molecule has 0 saturated carbocycles. The summed E-state index contributed by atoms with van der Waals surface area (Å²) in [6.45, 7) is 5.24. The van der Waals surface area contributed by atoms with Crippen LogP contribution in [0.4, 0.5) is 5.69 Å². The van der Waals surface area contributed by atoms with Gasteiger partial charge >= 0.3 is 0 Å². The Balaban J connectivity index is 1.68. The summed E-state index contributed by atoms with van der Waals surface area (Å²) < 4.78 is 27.8. The zero-order valence-electron chi connectivity index (χ0n) is 19.6. The van der Waals surface area contributed by atoms with Gasteiger partial charge in [0.2, 0.25) is 15.9 Å². The van der Waals surface area contributed by atoms with Crippen LogP contribution in [0.25, 0.3) is 0 Å². The lowest BCUT2D eigenvalue weighted by molar-refractivity contribution is -0.133. The second kappa shape index (κ2) is 10.6. The fourth-order valence-electron chi connectivity index (χ4n) is 3.46. The van der Waals surface area contributed by atoms with Crippen LogP contribution in [0, 0.1) is 6.92 Å². The minimum atomic E-state index is -3.84. The van der Waals surface area contributed by atoms with Crippen LogP contribution >= 0.6 is 0 Å². The van der Waals surface area contributed by atoms with Crippen molar-refractivity contribution in [2.24, 2.45) is 0 Å². The van der Waals surface area contributed by atoms with Gasteiger partial charge in [0.05, 0.1) is 17.0 Å². The molecule has 0 aliphatic carbocycles. The van der Waals surface area contributed by atoms with Gasteiger partial charge in [-0.05, 0) is 62.7 Å².